The van der Waals surface area contributed by atoms with Gasteiger partial charge in [-0.1, -0.05) is 0 Å². The van der Waals surface area contributed by atoms with Crippen LogP contribution in [0.2, 0.25) is 0 Å². The lowest BCUT2D eigenvalue weighted by Crippen LogP contribution is -2.42. The average molecular weight is 292 g/mol. The van der Waals surface area contributed by atoms with Gasteiger partial charge in [-0.2, -0.15) is 0 Å². The fourth-order valence-electron chi connectivity index (χ4n) is 2.74. The number of aromatic amines is 1. The first-order valence-electron chi connectivity index (χ1n) is 7.47. The van der Waals surface area contributed by atoms with Crippen LogP contribution in [0.1, 0.15) is 57.2 Å². The highest BCUT2D eigenvalue weighted by Gasteiger charge is 2.32. The predicted molar refractivity (Wildman–Crippen MR) is 81.3 cm³/mol. The number of carbonyl (C=O) groups excluding carboxylic acids is 1. The molecular formula is C16H24N2O3. The standard InChI is InChI=1S/C16H24N2O3/c1-11-9-14(19)17-10-12(11)13-7-5-6-8-18(13)15(20)21-16(2,3)4/h9-10,13H,5-8H2,1-4H3,(H,17,19). The van der Waals surface area contributed by atoms with E-state index in [1.807, 2.05) is 27.7 Å². The highest BCUT2D eigenvalue weighted by molar-refractivity contribution is 5.69. The van der Waals surface area contributed by atoms with Crippen molar-refractivity contribution < 1.29 is 9.53 Å². The number of nitrogens with one attached hydrogen (secondary N) is 1. The van der Waals surface area contributed by atoms with Crippen LogP contribution in [0.3, 0.4) is 0 Å². The maximum absolute atomic E-state index is 12.4. The number of ether oxygens (including phenoxy) is 1. The summed E-state index contributed by atoms with van der Waals surface area (Å²) in [7, 11) is 0. The Bertz CT molecular complexity index is 572. The molecular weight excluding hydrogens is 268 g/mol. The Morgan fingerprint density at radius 1 is 1.38 bits per heavy atom. The third kappa shape index (κ3) is 3.86. The van der Waals surface area contributed by atoms with Gasteiger partial charge in [-0.3, -0.25) is 4.79 Å². The summed E-state index contributed by atoms with van der Waals surface area (Å²) in [6.07, 6.45) is 4.40. The van der Waals surface area contributed by atoms with Crippen molar-refractivity contribution in [1.82, 2.24) is 9.88 Å². The maximum Gasteiger partial charge on any atom is 0.410 e. The van der Waals surface area contributed by atoms with Gasteiger partial charge in [0, 0.05) is 18.8 Å². The Balaban J connectivity index is 2.26. The lowest BCUT2D eigenvalue weighted by Gasteiger charge is -2.37. The summed E-state index contributed by atoms with van der Waals surface area (Å²) < 4.78 is 5.51. The Hall–Kier alpha value is -1.78. The van der Waals surface area contributed by atoms with Gasteiger partial charge in [-0.15, -0.1) is 0 Å². The molecule has 5 heteroatoms. The van der Waals surface area contributed by atoms with Crippen molar-refractivity contribution in [3.05, 3.63) is 33.7 Å². The molecule has 1 N–H and O–H groups in total. The van der Waals surface area contributed by atoms with E-state index >= 15 is 0 Å². The van der Waals surface area contributed by atoms with E-state index in [1.165, 1.54) is 0 Å². The molecule has 0 radical (unpaired) electrons. The first-order valence-corrected chi connectivity index (χ1v) is 7.47. The number of hydrogen-bond acceptors (Lipinski definition) is 3. The number of H-pyrrole nitrogens is 1. The van der Waals surface area contributed by atoms with Gasteiger partial charge in [-0.05, 0) is 58.1 Å². The minimum absolute atomic E-state index is 0.0227. The molecule has 0 saturated carbocycles. The monoisotopic (exact) mass is 292 g/mol. The Morgan fingerprint density at radius 3 is 2.71 bits per heavy atom. The zero-order valence-corrected chi connectivity index (χ0v) is 13.2. The summed E-state index contributed by atoms with van der Waals surface area (Å²) in [6.45, 7) is 8.21. The number of hydrogen-bond donors (Lipinski definition) is 1. The second kappa shape index (κ2) is 5.92. The molecule has 116 valence electrons. The molecule has 2 heterocycles. The van der Waals surface area contributed by atoms with Crippen LogP contribution in [-0.2, 0) is 4.74 Å². The molecule has 2 rings (SSSR count). The van der Waals surface area contributed by atoms with Crippen LogP contribution >= 0.6 is 0 Å². The SMILES string of the molecule is Cc1cc(=O)[nH]cc1C1CCCCN1C(=O)OC(C)(C)C. The summed E-state index contributed by atoms with van der Waals surface area (Å²) in [5.74, 6) is 0. The molecule has 1 amide bonds. The second-order valence-electron chi connectivity index (χ2n) is 6.62. The minimum Gasteiger partial charge on any atom is -0.444 e. The molecule has 0 aromatic carbocycles. The van der Waals surface area contributed by atoms with Gasteiger partial charge in [0.15, 0.2) is 0 Å². The lowest BCUT2D eigenvalue weighted by atomic mass is 9.94. The molecule has 1 aliphatic rings. The van der Waals surface area contributed by atoms with E-state index in [2.05, 4.69) is 4.98 Å². The number of aryl methyl sites for hydroxylation is 1. The van der Waals surface area contributed by atoms with Gasteiger partial charge in [0.25, 0.3) is 0 Å². The van der Waals surface area contributed by atoms with Gasteiger partial charge in [0.2, 0.25) is 5.56 Å². The zero-order chi connectivity index (χ0) is 15.6. The molecule has 0 bridgehead atoms. The number of carbonyl (C=O) groups is 1. The lowest BCUT2D eigenvalue weighted by molar-refractivity contribution is 0.00942. The Kier molecular flexibility index (Phi) is 4.40. The fraction of sp³-hybridized carbons (Fsp3) is 0.625. The predicted octanol–water partition coefficient (Wildman–Crippen LogP) is 3.15. The van der Waals surface area contributed by atoms with E-state index in [-0.39, 0.29) is 17.7 Å². The summed E-state index contributed by atoms with van der Waals surface area (Å²) in [4.78, 5) is 28.3. The molecule has 1 aromatic rings. The van der Waals surface area contributed by atoms with Gasteiger partial charge >= 0.3 is 6.09 Å². The van der Waals surface area contributed by atoms with Crippen molar-refractivity contribution >= 4 is 6.09 Å². The van der Waals surface area contributed by atoms with Crippen LogP contribution < -0.4 is 5.56 Å². The maximum atomic E-state index is 12.4. The highest BCUT2D eigenvalue weighted by atomic mass is 16.6. The number of rotatable bonds is 1. The topological polar surface area (TPSA) is 62.4 Å². The molecule has 1 saturated heterocycles. The first kappa shape index (κ1) is 15.6. The first-order chi connectivity index (χ1) is 9.78. The van der Waals surface area contributed by atoms with Crippen LogP contribution in [0.4, 0.5) is 4.79 Å². The van der Waals surface area contributed by atoms with E-state index in [4.69, 9.17) is 4.74 Å². The molecule has 1 aliphatic heterocycles. The third-order valence-corrected chi connectivity index (χ3v) is 3.66. The van der Waals surface area contributed by atoms with E-state index in [1.54, 1.807) is 17.2 Å². The number of piperidine rings is 1. The van der Waals surface area contributed by atoms with Crippen molar-refractivity contribution in [3.63, 3.8) is 0 Å². The van der Waals surface area contributed by atoms with Crippen LogP contribution in [-0.4, -0.2) is 28.1 Å². The number of likely N-dealkylation sites (tertiary alicyclic amines) is 1. The van der Waals surface area contributed by atoms with Crippen LogP contribution in [0.15, 0.2) is 17.1 Å². The van der Waals surface area contributed by atoms with E-state index < -0.39 is 5.60 Å². The van der Waals surface area contributed by atoms with Crippen LogP contribution in [0.25, 0.3) is 0 Å². The fourth-order valence-corrected chi connectivity index (χ4v) is 2.74. The van der Waals surface area contributed by atoms with Crippen molar-refractivity contribution in [2.75, 3.05) is 6.54 Å². The average Bonchev–Trinajstić information content (AvgIpc) is 2.37. The normalized spacial score (nSPS) is 19.4. The van der Waals surface area contributed by atoms with Gasteiger partial charge in [-0.25, -0.2) is 4.79 Å². The molecule has 21 heavy (non-hydrogen) atoms. The molecule has 1 fully saturated rings. The van der Waals surface area contributed by atoms with Gasteiger partial charge in [0.05, 0.1) is 6.04 Å². The summed E-state index contributed by atoms with van der Waals surface area (Å²) in [5, 5.41) is 0. The van der Waals surface area contributed by atoms with Gasteiger partial charge in [0.1, 0.15) is 5.60 Å². The zero-order valence-electron chi connectivity index (χ0n) is 13.2. The molecule has 0 spiro atoms. The van der Waals surface area contributed by atoms with Crippen LogP contribution in [0, 0.1) is 6.92 Å². The molecule has 1 aromatic heterocycles. The van der Waals surface area contributed by atoms with Crippen molar-refractivity contribution in [1.29, 1.82) is 0 Å². The quantitative estimate of drug-likeness (QED) is 0.865. The molecule has 1 atom stereocenters. The smallest absolute Gasteiger partial charge is 0.410 e. The number of pyridine rings is 1. The summed E-state index contributed by atoms with van der Waals surface area (Å²) >= 11 is 0. The number of aromatic nitrogens is 1. The van der Waals surface area contributed by atoms with Crippen molar-refractivity contribution in [2.45, 2.75) is 58.6 Å². The number of amides is 1. The largest absolute Gasteiger partial charge is 0.444 e. The van der Waals surface area contributed by atoms with E-state index in [0.29, 0.717) is 6.54 Å². The number of nitrogens with zero attached hydrogens (tertiary/aromatic N) is 1. The molecule has 5 nitrogen and oxygen atoms in total. The Morgan fingerprint density at radius 2 is 2.10 bits per heavy atom. The van der Waals surface area contributed by atoms with Gasteiger partial charge < -0.3 is 14.6 Å². The van der Waals surface area contributed by atoms with Crippen molar-refractivity contribution in [2.24, 2.45) is 0 Å². The van der Waals surface area contributed by atoms with E-state index in [9.17, 15) is 9.59 Å². The second-order valence-corrected chi connectivity index (χ2v) is 6.62. The molecule has 1 unspecified atom stereocenters. The van der Waals surface area contributed by atoms with Crippen molar-refractivity contribution in [3.8, 4) is 0 Å². The minimum atomic E-state index is -0.501. The Labute approximate surface area is 125 Å². The van der Waals surface area contributed by atoms with E-state index in [0.717, 1.165) is 30.4 Å². The third-order valence-electron chi connectivity index (χ3n) is 3.66. The molecule has 0 aliphatic carbocycles. The van der Waals surface area contributed by atoms with Crippen LogP contribution in [0.5, 0.6) is 0 Å². The summed E-state index contributed by atoms with van der Waals surface area (Å²) in [5.41, 5.74) is 1.30. The highest BCUT2D eigenvalue weighted by Crippen LogP contribution is 2.33. The summed E-state index contributed by atoms with van der Waals surface area (Å²) in [6, 6.07) is 1.56.